The van der Waals surface area contributed by atoms with E-state index in [0.717, 1.165) is 13.5 Å². The van der Waals surface area contributed by atoms with Crippen molar-refractivity contribution in [2.45, 2.75) is 78.3 Å². The van der Waals surface area contributed by atoms with Gasteiger partial charge >= 0.3 is 64.0 Å². The Kier molecular flexibility index (Phi) is 17.2. The summed E-state index contributed by atoms with van der Waals surface area (Å²) in [5.74, 6) is -3.83. The van der Waals surface area contributed by atoms with Crippen LogP contribution in [0.15, 0.2) is 65.2 Å². The molecule has 2 heterocycles. The van der Waals surface area contributed by atoms with E-state index in [1.165, 1.54) is 25.3 Å². The smallest absolute Gasteiger partial charge is 0.338 e. The van der Waals surface area contributed by atoms with E-state index in [0.29, 0.717) is 50.2 Å². The van der Waals surface area contributed by atoms with Crippen molar-refractivity contribution in [3.8, 4) is 0 Å². The molecule has 334 valence electrons. The molecule has 2 aromatic carbocycles. The van der Waals surface area contributed by atoms with Crippen LogP contribution in [0, 0.1) is 0 Å². The van der Waals surface area contributed by atoms with E-state index >= 15 is 0 Å². The molecule has 0 aliphatic heterocycles. The van der Waals surface area contributed by atoms with Gasteiger partial charge in [-0.15, -0.1) is 0 Å². The monoisotopic (exact) mass is 870 g/mol. The van der Waals surface area contributed by atoms with E-state index in [4.69, 9.17) is 18.9 Å². The number of unbranched alkanes of at least 4 members (excludes halogenated alkanes) is 1. The Bertz CT molecular complexity index is 2680. The molecule has 62 heavy (non-hydrogen) atoms. The predicted octanol–water partition coefficient (Wildman–Crippen LogP) is -1.62. The van der Waals surface area contributed by atoms with Gasteiger partial charge in [0.2, 0.25) is 0 Å². The van der Waals surface area contributed by atoms with Crippen LogP contribution in [0.2, 0.25) is 0 Å². The van der Waals surface area contributed by atoms with Gasteiger partial charge in [-0.3, -0.25) is 14.4 Å². The van der Waals surface area contributed by atoms with Gasteiger partial charge in [0.1, 0.15) is 13.2 Å². The maximum atomic E-state index is 13.4. The Labute approximate surface area is 349 Å². The van der Waals surface area contributed by atoms with Gasteiger partial charge in [0, 0.05) is 19.6 Å². The van der Waals surface area contributed by atoms with Gasteiger partial charge in [-0.05, 0) is 41.5 Å². The first kappa shape index (κ1) is 47.5. The first-order valence-corrected chi connectivity index (χ1v) is 19.3. The van der Waals surface area contributed by atoms with Crippen molar-refractivity contribution in [1.82, 2.24) is 27.4 Å². The molecule has 23 heteroatoms. The van der Waals surface area contributed by atoms with Crippen molar-refractivity contribution < 1.29 is 52.8 Å². The molecule has 1 N–H and O–H groups in total. The van der Waals surface area contributed by atoms with Crippen LogP contribution in [0.4, 0.5) is 0 Å². The largest absolute Gasteiger partial charge is 0.469 e. The highest BCUT2D eigenvalue weighted by Crippen LogP contribution is 2.19. The average molecular weight is 871 g/mol. The normalized spacial score (nSPS) is 11.0. The van der Waals surface area contributed by atoms with E-state index < -0.39 is 142 Å². The number of hydrogen-bond donors (Lipinski definition) is 1. The van der Waals surface area contributed by atoms with E-state index in [2.05, 4.69) is 4.74 Å². The van der Waals surface area contributed by atoms with Crippen molar-refractivity contribution in [2.24, 2.45) is 0 Å². The van der Waals surface area contributed by atoms with E-state index in [1.54, 1.807) is 18.2 Å². The number of ether oxygens (including phenoxy) is 5. The minimum Gasteiger partial charge on any atom is -0.469 e. The van der Waals surface area contributed by atoms with Crippen LogP contribution in [-0.2, 0) is 77.3 Å². The zero-order valence-electron chi connectivity index (χ0n) is 34.2. The second-order valence-electron chi connectivity index (χ2n) is 13.4. The summed E-state index contributed by atoms with van der Waals surface area (Å²) in [5.41, 5.74) is -6.39. The third-order valence-electron chi connectivity index (χ3n) is 9.32. The fourth-order valence-electron chi connectivity index (χ4n) is 5.98. The third-order valence-corrected chi connectivity index (χ3v) is 9.32. The maximum Gasteiger partial charge on any atom is 0.338 e. The maximum absolute atomic E-state index is 13.4. The van der Waals surface area contributed by atoms with Crippen molar-refractivity contribution in [3.05, 3.63) is 110 Å². The lowest BCUT2D eigenvalue weighted by molar-refractivity contribution is -0.145. The Hall–Kier alpha value is -7.17. The lowest BCUT2D eigenvalue weighted by atomic mass is 10.0. The van der Waals surface area contributed by atoms with Gasteiger partial charge in [-0.25, -0.2) is 65.8 Å². The molecule has 0 unspecified atom stereocenters. The summed E-state index contributed by atoms with van der Waals surface area (Å²) >= 11 is 0. The second kappa shape index (κ2) is 22.4. The molecule has 0 spiro atoms. The summed E-state index contributed by atoms with van der Waals surface area (Å²) in [4.78, 5) is 141. The lowest BCUT2D eigenvalue weighted by Crippen LogP contribution is -2.55. The standard InChI is InChI=1S/C39H46N6O17/c1-4-5-20-60-30(48)11-14-41-34(52)40(13-10-29(47)58-2)35(53)42(36(41)54)15-12-31(49)61-21-17-44-37(55)43(16-19-46)38(56)45(39(44)57)18-22-62-33(51)28-9-7-25-23-27(32(50)59-3)8-6-26(25)24-28/h6-9,23-24,46H,4-5,10-22H2,1-3H3. The van der Waals surface area contributed by atoms with Crippen LogP contribution in [-0.4, -0.2) is 103 Å². The number of carbonyl (C=O) groups is 5. The highest BCUT2D eigenvalue weighted by molar-refractivity contribution is 5.99. The van der Waals surface area contributed by atoms with Gasteiger partial charge < -0.3 is 28.8 Å². The van der Waals surface area contributed by atoms with Crippen molar-refractivity contribution in [2.75, 3.05) is 40.6 Å². The SMILES string of the molecule is CCCCOC(=O)CCn1c(=O)n(CCC(=O)OC)c(=O)n(CCC(=O)OCCn2c(=O)n(CCO)c(=O)n(CCOC(=O)c3ccc4cc(C(=O)OC)ccc4c3)c2=O)c1=O. The molecule has 0 aliphatic rings. The van der Waals surface area contributed by atoms with Gasteiger partial charge in [-0.2, -0.15) is 0 Å². The topological polar surface area (TPSA) is 284 Å². The number of methoxy groups -OCH3 is 2. The first-order chi connectivity index (χ1) is 29.7. The number of aliphatic hydroxyl groups excluding tert-OH is 1. The van der Waals surface area contributed by atoms with Crippen molar-refractivity contribution >= 4 is 40.6 Å². The molecule has 0 atom stereocenters. The highest BCUT2D eigenvalue weighted by Gasteiger charge is 2.20. The van der Waals surface area contributed by atoms with E-state index in [9.17, 15) is 57.8 Å². The predicted molar refractivity (Wildman–Crippen MR) is 214 cm³/mol. The number of hydrogen-bond acceptors (Lipinski definition) is 17. The molecule has 4 rings (SSSR count). The number of fused-ring (bicyclic) bond motifs is 1. The van der Waals surface area contributed by atoms with Gasteiger partial charge in [0.15, 0.2) is 0 Å². The Morgan fingerprint density at radius 3 is 1.29 bits per heavy atom. The van der Waals surface area contributed by atoms with Crippen molar-refractivity contribution in [3.63, 3.8) is 0 Å². The number of rotatable bonds is 22. The molecule has 0 bridgehead atoms. The van der Waals surface area contributed by atoms with Crippen LogP contribution in [0.5, 0.6) is 0 Å². The fourth-order valence-corrected chi connectivity index (χ4v) is 5.98. The number of aromatic nitrogens is 6. The Morgan fingerprint density at radius 2 is 0.871 bits per heavy atom. The molecule has 0 saturated carbocycles. The molecular weight excluding hydrogens is 824 g/mol. The van der Waals surface area contributed by atoms with Crippen LogP contribution in [0.1, 0.15) is 59.7 Å². The molecule has 0 aliphatic carbocycles. The van der Waals surface area contributed by atoms with Crippen LogP contribution >= 0.6 is 0 Å². The van der Waals surface area contributed by atoms with Gasteiger partial charge in [-0.1, -0.05) is 25.5 Å². The number of nitrogens with zero attached hydrogens (tertiary/aromatic N) is 6. The molecule has 0 radical (unpaired) electrons. The number of carbonyl (C=O) groups excluding carboxylic acids is 5. The van der Waals surface area contributed by atoms with E-state index in [1.807, 2.05) is 6.92 Å². The summed E-state index contributed by atoms with van der Waals surface area (Å²) in [7, 11) is 2.34. The second-order valence-corrected chi connectivity index (χ2v) is 13.4. The molecule has 0 saturated heterocycles. The minimum atomic E-state index is -1.16. The summed E-state index contributed by atoms with van der Waals surface area (Å²) < 4.78 is 28.2. The van der Waals surface area contributed by atoms with Crippen LogP contribution in [0.25, 0.3) is 10.8 Å². The quantitative estimate of drug-likeness (QED) is 0.0527. The summed E-state index contributed by atoms with van der Waals surface area (Å²) in [6.45, 7) is -3.00. The van der Waals surface area contributed by atoms with E-state index in [-0.39, 0.29) is 12.2 Å². The highest BCUT2D eigenvalue weighted by atomic mass is 16.5. The summed E-state index contributed by atoms with van der Waals surface area (Å²) in [5, 5.41) is 10.8. The minimum absolute atomic E-state index is 0.121. The molecule has 0 fully saturated rings. The summed E-state index contributed by atoms with van der Waals surface area (Å²) in [6, 6.07) is 9.26. The Balaban J connectivity index is 1.45. The molecular formula is C39H46N6O17. The third kappa shape index (κ3) is 11.8. The van der Waals surface area contributed by atoms with Crippen LogP contribution < -0.4 is 34.1 Å². The molecule has 23 nitrogen and oxygen atoms in total. The molecule has 4 aromatic rings. The first-order valence-electron chi connectivity index (χ1n) is 19.3. The number of benzene rings is 2. The lowest BCUT2D eigenvalue weighted by Gasteiger charge is -2.14. The molecule has 0 amide bonds. The summed E-state index contributed by atoms with van der Waals surface area (Å²) in [6.07, 6.45) is -0.111. The van der Waals surface area contributed by atoms with Gasteiger partial charge in [0.05, 0.1) is 77.5 Å². The van der Waals surface area contributed by atoms with Crippen molar-refractivity contribution in [1.29, 1.82) is 0 Å². The zero-order chi connectivity index (χ0) is 45.5. The van der Waals surface area contributed by atoms with Gasteiger partial charge in [0.25, 0.3) is 0 Å². The Morgan fingerprint density at radius 1 is 0.484 bits per heavy atom. The van der Waals surface area contributed by atoms with Crippen LogP contribution in [0.3, 0.4) is 0 Å². The fraction of sp³-hybridized carbons (Fsp3) is 0.462. The number of aliphatic hydroxyl groups is 1. The number of esters is 5. The average Bonchev–Trinajstić information content (AvgIpc) is 3.26. The molecule has 2 aromatic heterocycles. The zero-order valence-corrected chi connectivity index (χ0v) is 34.2.